The average Bonchev–Trinajstić information content (AvgIpc) is 3.55. The molecule has 1 aliphatic carbocycles. The lowest BCUT2D eigenvalue weighted by Gasteiger charge is -2.28. The van der Waals surface area contributed by atoms with E-state index in [2.05, 4.69) is 33.7 Å². The van der Waals surface area contributed by atoms with Crippen molar-refractivity contribution in [1.82, 2.24) is 5.32 Å². The maximum atomic E-state index is 12.5. The Kier molecular flexibility index (Phi) is 5.84. The zero-order valence-corrected chi connectivity index (χ0v) is 17.0. The topological polar surface area (TPSA) is 61.4 Å². The molecule has 1 heterocycles. The molecule has 0 radical (unpaired) electrons. The first kappa shape index (κ1) is 19.5. The zero-order valence-electron chi connectivity index (χ0n) is 17.0. The van der Waals surface area contributed by atoms with Crippen molar-refractivity contribution < 1.29 is 9.59 Å². The Morgan fingerprint density at radius 3 is 2.41 bits per heavy atom. The van der Waals surface area contributed by atoms with E-state index < -0.39 is 0 Å². The van der Waals surface area contributed by atoms with Crippen molar-refractivity contribution in [2.75, 3.05) is 23.3 Å². The first-order valence-corrected chi connectivity index (χ1v) is 10.6. The van der Waals surface area contributed by atoms with Crippen LogP contribution in [0.25, 0.3) is 0 Å². The molecule has 2 unspecified atom stereocenters. The van der Waals surface area contributed by atoms with E-state index in [1.54, 1.807) is 0 Å². The fourth-order valence-electron chi connectivity index (χ4n) is 4.06. The minimum absolute atomic E-state index is 0.0351. The lowest BCUT2D eigenvalue weighted by molar-refractivity contribution is -0.125. The Morgan fingerprint density at radius 2 is 1.69 bits per heavy atom. The number of carbonyl (C=O) groups is 2. The smallest absolute Gasteiger partial charge is 0.228 e. The summed E-state index contributed by atoms with van der Waals surface area (Å²) >= 11 is 0. The monoisotopic (exact) mass is 391 g/mol. The number of amides is 2. The summed E-state index contributed by atoms with van der Waals surface area (Å²) in [5.74, 6) is -0.541. The molecular weight excluding hydrogens is 362 g/mol. The molecule has 2 atom stereocenters. The lowest BCUT2D eigenvalue weighted by atomic mass is 10.1. The number of carbonyl (C=O) groups excluding carboxylic acids is 2. The van der Waals surface area contributed by atoms with Gasteiger partial charge in [-0.15, -0.1) is 0 Å². The highest BCUT2D eigenvalue weighted by atomic mass is 16.2. The Labute approximate surface area is 172 Å². The van der Waals surface area contributed by atoms with Crippen molar-refractivity contribution in [3.05, 3.63) is 59.7 Å². The van der Waals surface area contributed by atoms with Crippen LogP contribution in [-0.2, 0) is 16.1 Å². The maximum absolute atomic E-state index is 12.5. The molecule has 2 amide bonds. The van der Waals surface area contributed by atoms with Gasteiger partial charge in [-0.3, -0.25) is 9.59 Å². The highest BCUT2D eigenvalue weighted by Crippen LogP contribution is 2.39. The van der Waals surface area contributed by atoms with E-state index in [4.69, 9.17) is 0 Å². The van der Waals surface area contributed by atoms with Crippen molar-refractivity contribution in [1.29, 1.82) is 0 Å². The minimum Gasteiger partial charge on any atom is -0.372 e. The molecule has 5 nitrogen and oxygen atoms in total. The van der Waals surface area contributed by atoms with Crippen molar-refractivity contribution >= 4 is 23.2 Å². The third-order valence-electron chi connectivity index (χ3n) is 5.87. The first-order valence-electron chi connectivity index (χ1n) is 10.6. The van der Waals surface area contributed by atoms with Gasteiger partial charge in [0.05, 0.1) is 11.8 Å². The molecule has 2 aliphatic rings. The standard InChI is InChI=1S/C24H29N3O2/c1-17-6-5-7-18(14-17)16-25-23(28)21-15-22(21)24(29)26-19-8-10-20(11-9-19)27-12-3-2-4-13-27/h5-11,14,21-22H,2-4,12-13,15-16H2,1H3,(H,25,28)(H,26,29). The van der Waals surface area contributed by atoms with Crippen molar-refractivity contribution in [3.8, 4) is 0 Å². The number of piperidine rings is 1. The van der Waals surface area contributed by atoms with Gasteiger partial charge in [0.15, 0.2) is 0 Å². The fraction of sp³-hybridized carbons (Fsp3) is 0.417. The zero-order chi connectivity index (χ0) is 20.2. The summed E-state index contributed by atoms with van der Waals surface area (Å²) in [7, 11) is 0. The van der Waals surface area contributed by atoms with Gasteiger partial charge in [0.1, 0.15) is 0 Å². The van der Waals surface area contributed by atoms with E-state index in [0.29, 0.717) is 13.0 Å². The summed E-state index contributed by atoms with van der Waals surface area (Å²) in [5.41, 5.74) is 4.25. The number of nitrogens with zero attached hydrogens (tertiary/aromatic N) is 1. The molecule has 1 saturated heterocycles. The summed E-state index contributed by atoms with van der Waals surface area (Å²) in [6.07, 6.45) is 4.42. The predicted octanol–water partition coefficient (Wildman–Crippen LogP) is 3.88. The van der Waals surface area contributed by atoms with Crippen LogP contribution >= 0.6 is 0 Å². The predicted molar refractivity (Wildman–Crippen MR) is 116 cm³/mol. The third-order valence-corrected chi connectivity index (χ3v) is 5.87. The molecular formula is C24H29N3O2. The molecule has 152 valence electrons. The van der Waals surface area contributed by atoms with Crippen LogP contribution in [-0.4, -0.2) is 24.9 Å². The molecule has 2 aromatic rings. The lowest BCUT2D eigenvalue weighted by Crippen LogP contribution is -2.29. The Hall–Kier alpha value is -2.82. The summed E-state index contributed by atoms with van der Waals surface area (Å²) in [4.78, 5) is 27.2. The van der Waals surface area contributed by atoms with E-state index in [0.717, 1.165) is 24.3 Å². The van der Waals surface area contributed by atoms with Gasteiger partial charge in [-0.1, -0.05) is 29.8 Å². The molecule has 1 saturated carbocycles. The quantitative estimate of drug-likeness (QED) is 0.786. The molecule has 0 aromatic heterocycles. The van der Waals surface area contributed by atoms with Gasteiger partial charge in [0.2, 0.25) is 11.8 Å². The van der Waals surface area contributed by atoms with E-state index in [1.807, 2.05) is 37.3 Å². The number of hydrogen-bond donors (Lipinski definition) is 2. The Bertz CT molecular complexity index is 872. The van der Waals surface area contributed by atoms with Gasteiger partial charge in [0, 0.05) is 31.0 Å². The molecule has 0 bridgehead atoms. The van der Waals surface area contributed by atoms with Crippen LogP contribution in [0.15, 0.2) is 48.5 Å². The molecule has 2 fully saturated rings. The molecule has 4 rings (SSSR count). The van der Waals surface area contributed by atoms with Gasteiger partial charge in [0.25, 0.3) is 0 Å². The van der Waals surface area contributed by atoms with Gasteiger partial charge >= 0.3 is 0 Å². The number of rotatable bonds is 6. The van der Waals surface area contributed by atoms with Crippen LogP contribution in [0.5, 0.6) is 0 Å². The third kappa shape index (κ3) is 4.97. The van der Waals surface area contributed by atoms with Crippen LogP contribution in [0.4, 0.5) is 11.4 Å². The average molecular weight is 392 g/mol. The number of anilines is 2. The molecule has 2 N–H and O–H groups in total. The number of hydrogen-bond acceptors (Lipinski definition) is 3. The van der Waals surface area contributed by atoms with Crippen LogP contribution in [0.3, 0.4) is 0 Å². The molecule has 1 aliphatic heterocycles. The second-order valence-electron chi connectivity index (χ2n) is 8.24. The highest BCUT2D eigenvalue weighted by molar-refractivity contribution is 5.99. The van der Waals surface area contributed by atoms with E-state index in [-0.39, 0.29) is 23.7 Å². The van der Waals surface area contributed by atoms with Gasteiger partial charge in [-0.2, -0.15) is 0 Å². The van der Waals surface area contributed by atoms with Gasteiger partial charge in [-0.25, -0.2) is 0 Å². The van der Waals surface area contributed by atoms with Crippen LogP contribution in [0.2, 0.25) is 0 Å². The van der Waals surface area contributed by atoms with E-state index in [9.17, 15) is 9.59 Å². The normalized spacial score (nSPS) is 20.8. The maximum Gasteiger partial charge on any atom is 0.228 e. The number of benzene rings is 2. The van der Waals surface area contributed by atoms with Gasteiger partial charge < -0.3 is 15.5 Å². The SMILES string of the molecule is Cc1cccc(CNC(=O)C2CC2C(=O)Nc2ccc(N3CCCCC3)cc2)c1. The molecule has 5 heteroatoms. The van der Waals surface area contributed by atoms with Crippen molar-refractivity contribution in [3.63, 3.8) is 0 Å². The largest absolute Gasteiger partial charge is 0.372 e. The molecule has 29 heavy (non-hydrogen) atoms. The Morgan fingerprint density at radius 1 is 0.966 bits per heavy atom. The Balaban J connectivity index is 1.25. The summed E-state index contributed by atoms with van der Waals surface area (Å²) < 4.78 is 0. The van der Waals surface area contributed by atoms with Crippen LogP contribution in [0, 0.1) is 18.8 Å². The van der Waals surface area contributed by atoms with Crippen LogP contribution < -0.4 is 15.5 Å². The van der Waals surface area contributed by atoms with E-state index >= 15 is 0 Å². The second kappa shape index (κ2) is 8.68. The molecule has 2 aromatic carbocycles. The minimum atomic E-state index is -0.228. The van der Waals surface area contributed by atoms with Crippen molar-refractivity contribution in [2.45, 2.75) is 39.2 Å². The summed E-state index contributed by atoms with van der Waals surface area (Å²) in [6, 6.07) is 16.1. The highest BCUT2D eigenvalue weighted by Gasteiger charge is 2.47. The summed E-state index contributed by atoms with van der Waals surface area (Å²) in [6.45, 7) is 4.75. The number of nitrogens with one attached hydrogen (secondary N) is 2. The first-order chi connectivity index (χ1) is 14.1. The summed E-state index contributed by atoms with van der Waals surface area (Å²) in [5, 5.41) is 5.92. The number of aryl methyl sites for hydroxylation is 1. The second-order valence-corrected chi connectivity index (χ2v) is 8.24. The van der Waals surface area contributed by atoms with Crippen molar-refractivity contribution in [2.24, 2.45) is 11.8 Å². The molecule has 0 spiro atoms. The van der Waals surface area contributed by atoms with Gasteiger partial charge in [-0.05, 0) is 62.4 Å². The van der Waals surface area contributed by atoms with E-state index in [1.165, 1.54) is 30.5 Å². The fourth-order valence-corrected chi connectivity index (χ4v) is 4.06. The van der Waals surface area contributed by atoms with Crippen LogP contribution in [0.1, 0.15) is 36.8 Å².